The zero-order valence-electron chi connectivity index (χ0n) is 19.8. The molecule has 3 aromatic rings. The van der Waals surface area contributed by atoms with Gasteiger partial charge in [-0.05, 0) is 62.2 Å². The van der Waals surface area contributed by atoms with E-state index in [-0.39, 0.29) is 21.8 Å². The van der Waals surface area contributed by atoms with Crippen LogP contribution in [0.2, 0.25) is 0 Å². The molecule has 0 saturated carbocycles. The normalized spacial score (nSPS) is 13.3. The molecule has 7 nitrogen and oxygen atoms in total. The van der Waals surface area contributed by atoms with E-state index in [1.54, 1.807) is 24.3 Å². The predicted octanol–water partition coefficient (Wildman–Crippen LogP) is 5.43. The molecule has 0 aliphatic heterocycles. The van der Waals surface area contributed by atoms with E-state index in [1.807, 2.05) is 53.7 Å². The Balaban J connectivity index is 2.05. The van der Waals surface area contributed by atoms with Crippen molar-refractivity contribution in [3.05, 3.63) is 76.5 Å². The van der Waals surface area contributed by atoms with E-state index in [1.165, 1.54) is 12.1 Å². The second kappa shape index (κ2) is 8.86. The molecule has 0 aliphatic carbocycles. The van der Waals surface area contributed by atoms with Crippen LogP contribution in [-0.2, 0) is 15.3 Å². The van der Waals surface area contributed by atoms with Crippen LogP contribution in [0.4, 0.5) is 5.69 Å². The lowest BCUT2D eigenvalue weighted by atomic mass is 9.91. The van der Waals surface area contributed by atoms with Crippen molar-refractivity contribution in [1.29, 1.82) is 4.78 Å². The van der Waals surface area contributed by atoms with Crippen LogP contribution in [0.3, 0.4) is 0 Å². The second-order valence-electron chi connectivity index (χ2n) is 9.19. The predicted molar refractivity (Wildman–Crippen MR) is 131 cm³/mol. The Morgan fingerprint density at radius 3 is 2.27 bits per heavy atom. The fourth-order valence-corrected chi connectivity index (χ4v) is 4.53. The highest BCUT2D eigenvalue weighted by Gasteiger charge is 2.24. The first-order valence-corrected chi connectivity index (χ1v) is 12.1. The summed E-state index contributed by atoms with van der Waals surface area (Å²) in [7, 11) is -3.64. The number of nitrogen functional groups attached to an aromatic ring is 1. The first kappa shape index (κ1) is 24.3. The van der Waals surface area contributed by atoms with Gasteiger partial charge in [-0.2, -0.15) is 0 Å². The van der Waals surface area contributed by atoms with Gasteiger partial charge in [0.25, 0.3) is 5.91 Å². The number of amides is 1. The first-order chi connectivity index (χ1) is 15.3. The van der Waals surface area contributed by atoms with Crippen molar-refractivity contribution in [2.45, 2.75) is 51.9 Å². The van der Waals surface area contributed by atoms with Crippen molar-refractivity contribution in [1.82, 2.24) is 9.71 Å². The molecule has 174 valence electrons. The molecule has 1 heterocycles. The van der Waals surface area contributed by atoms with Gasteiger partial charge in [0, 0.05) is 16.8 Å². The van der Waals surface area contributed by atoms with E-state index in [0.717, 1.165) is 22.4 Å². The molecule has 33 heavy (non-hydrogen) atoms. The Morgan fingerprint density at radius 1 is 1.06 bits per heavy atom. The number of anilines is 1. The standard InChI is InChI=1S/C25H30N4O3S/c1-15-12-16(2)22(17(3)13-15)32-24-20(10-11-21(28-24)25(4,5)6)23(30)29-33(27,31)19-9-7-8-18(26)14-19/h7-14H,26H2,1-6H3,(H2,27,29,30,31). The van der Waals surface area contributed by atoms with Gasteiger partial charge >= 0.3 is 0 Å². The summed E-state index contributed by atoms with van der Waals surface area (Å²) in [5.74, 6) is -0.0174. The summed E-state index contributed by atoms with van der Waals surface area (Å²) in [6.45, 7) is 11.9. The van der Waals surface area contributed by atoms with Crippen LogP contribution in [0.1, 0.15) is 53.5 Å². The highest BCUT2D eigenvalue weighted by molar-refractivity contribution is 7.91. The number of aromatic nitrogens is 1. The van der Waals surface area contributed by atoms with E-state index in [2.05, 4.69) is 9.71 Å². The number of hydrogen-bond donors (Lipinski definition) is 3. The maximum Gasteiger partial charge on any atom is 0.269 e. The van der Waals surface area contributed by atoms with E-state index in [9.17, 15) is 9.00 Å². The molecule has 0 aliphatic rings. The molecule has 4 N–H and O–H groups in total. The number of benzene rings is 2. The lowest BCUT2D eigenvalue weighted by Gasteiger charge is -2.21. The van der Waals surface area contributed by atoms with Gasteiger partial charge in [0.1, 0.15) is 11.3 Å². The van der Waals surface area contributed by atoms with Gasteiger partial charge in [-0.1, -0.05) is 44.5 Å². The fraction of sp³-hybridized carbons (Fsp3) is 0.280. The van der Waals surface area contributed by atoms with E-state index in [0.29, 0.717) is 11.4 Å². The van der Waals surface area contributed by atoms with E-state index >= 15 is 0 Å². The third-order valence-electron chi connectivity index (χ3n) is 5.10. The van der Waals surface area contributed by atoms with Crippen molar-refractivity contribution < 1.29 is 13.7 Å². The molecule has 2 aromatic carbocycles. The third kappa shape index (κ3) is 5.51. The second-order valence-corrected chi connectivity index (χ2v) is 11.0. The summed E-state index contributed by atoms with van der Waals surface area (Å²) in [6.07, 6.45) is 0. The number of aryl methyl sites for hydroxylation is 3. The van der Waals surface area contributed by atoms with Gasteiger partial charge in [-0.25, -0.2) is 14.0 Å². The lowest BCUT2D eigenvalue weighted by molar-refractivity contribution is 0.0979. The number of pyridine rings is 1. The Morgan fingerprint density at radius 2 is 1.70 bits per heavy atom. The summed E-state index contributed by atoms with van der Waals surface area (Å²) in [4.78, 5) is 17.9. The molecule has 1 atom stereocenters. The van der Waals surface area contributed by atoms with Crippen molar-refractivity contribution in [2.24, 2.45) is 0 Å². The number of carbonyl (C=O) groups excluding carboxylic acids is 1. The van der Waals surface area contributed by atoms with Gasteiger partial charge in [0.05, 0.1) is 4.90 Å². The summed E-state index contributed by atoms with van der Waals surface area (Å²) in [5.41, 5.74) is 9.56. The Labute approximate surface area is 195 Å². The summed E-state index contributed by atoms with van der Waals surface area (Å²) in [5, 5.41) is 0. The highest BCUT2D eigenvalue weighted by Crippen LogP contribution is 2.33. The van der Waals surface area contributed by atoms with E-state index in [4.69, 9.17) is 15.3 Å². The fourth-order valence-electron chi connectivity index (χ4n) is 3.47. The smallest absolute Gasteiger partial charge is 0.269 e. The largest absolute Gasteiger partial charge is 0.438 e. The molecule has 1 unspecified atom stereocenters. The molecule has 0 fully saturated rings. The molecule has 0 bridgehead atoms. The van der Waals surface area contributed by atoms with Crippen LogP contribution in [0.25, 0.3) is 0 Å². The van der Waals surface area contributed by atoms with Crippen LogP contribution in [0, 0.1) is 25.6 Å². The van der Waals surface area contributed by atoms with Gasteiger partial charge < -0.3 is 10.5 Å². The highest BCUT2D eigenvalue weighted by atomic mass is 32.2. The molecule has 8 heteroatoms. The van der Waals surface area contributed by atoms with Gasteiger partial charge in [0.15, 0.2) is 9.92 Å². The summed E-state index contributed by atoms with van der Waals surface area (Å²) in [6, 6.07) is 13.4. The van der Waals surface area contributed by atoms with Crippen molar-refractivity contribution >= 4 is 21.5 Å². The van der Waals surface area contributed by atoms with Gasteiger partial charge in [0.2, 0.25) is 5.88 Å². The maximum absolute atomic E-state index is 13.2. The van der Waals surface area contributed by atoms with Crippen LogP contribution >= 0.6 is 0 Å². The number of ether oxygens (including phenoxy) is 1. The maximum atomic E-state index is 13.2. The minimum atomic E-state index is -3.64. The molecule has 0 saturated heterocycles. The average molecular weight is 467 g/mol. The average Bonchev–Trinajstić information content (AvgIpc) is 2.69. The lowest BCUT2D eigenvalue weighted by Crippen LogP contribution is -2.30. The molecular formula is C25H30N4O3S. The minimum absolute atomic E-state index is 0.0891. The number of nitrogens with one attached hydrogen (secondary N) is 2. The third-order valence-corrected chi connectivity index (χ3v) is 6.49. The molecule has 1 amide bonds. The molecule has 0 spiro atoms. The van der Waals surface area contributed by atoms with Crippen molar-refractivity contribution in [2.75, 3.05) is 5.73 Å². The van der Waals surface area contributed by atoms with Crippen molar-refractivity contribution in [3.8, 4) is 11.6 Å². The molecule has 3 rings (SSSR count). The number of hydrogen-bond acceptors (Lipinski definition) is 6. The SMILES string of the molecule is Cc1cc(C)c(Oc2nc(C(C)(C)C)ccc2C(=O)NS(=N)(=O)c2cccc(N)c2)c(C)c1. The Hall–Kier alpha value is -3.39. The van der Waals surface area contributed by atoms with Crippen LogP contribution in [-0.4, -0.2) is 15.1 Å². The van der Waals surface area contributed by atoms with Gasteiger partial charge in [-0.15, -0.1) is 0 Å². The summed E-state index contributed by atoms with van der Waals surface area (Å²) < 4.78 is 29.7. The van der Waals surface area contributed by atoms with Gasteiger partial charge in [-0.3, -0.25) is 9.52 Å². The van der Waals surface area contributed by atoms with E-state index < -0.39 is 15.8 Å². The number of nitrogens with zero attached hydrogens (tertiary/aromatic N) is 1. The van der Waals surface area contributed by atoms with Crippen LogP contribution < -0.4 is 15.2 Å². The van der Waals surface area contributed by atoms with Crippen LogP contribution in [0.15, 0.2) is 53.4 Å². The van der Waals surface area contributed by atoms with Crippen LogP contribution in [0.5, 0.6) is 11.6 Å². The zero-order valence-corrected chi connectivity index (χ0v) is 20.6. The number of carbonyl (C=O) groups is 1. The minimum Gasteiger partial charge on any atom is -0.438 e. The molecular weight excluding hydrogens is 436 g/mol. The first-order valence-electron chi connectivity index (χ1n) is 10.5. The topological polar surface area (TPSA) is 118 Å². The number of nitrogens with two attached hydrogens (primary N) is 1. The Kier molecular flexibility index (Phi) is 6.51. The monoisotopic (exact) mass is 466 g/mol. The number of rotatable bonds is 5. The Bertz CT molecular complexity index is 1300. The summed E-state index contributed by atoms with van der Waals surface area (Å²) >= 11 is 0. The zero-order chi connectivity index (χ0) is 24.6. The molecule has 1 aromatic heterocycles. The van der Waals surface area contributed by atoms with Crippen molar-refractivity contribution in [3.63, 3.8) is 0 Å². The quantitative estimate of drug-likeness (QED) is 0.433. The molecule has 0 radical (unpaired) electrons.